The predicted octanol–water partition coefficient (Wildman–Crippen LogP) is 1.65. The highest BCUT2D eigenvalue weighted by Crippen LogP contribution is 2.14. The Labute approximate surface area is 112 Å². The molecular weight excluding hydrogens is 269 g/mol. The maximum absolute atomic E-state index is 13.4. The molecule has 0 spiro atoms. The highest BCUT2D eigenvalue weighted by molar-refractivity contribution is 7.92. The van der Waals surface area contributed by atoms with Gasteiger partial charge in [-0.05, 0) is 26.8 Å². The van der Waals surface area contributed by atoms with Crippen LogP contribution < -0.4 is 5.32 Å². The second-order valence-electron chi connectivity index (χ2n) is 4.70. The first-order valence-electron chi connectivity index (χ1n) is 5.99. The molecule has 1 amide bonds. The summed E-state index contributed by atoms with van der Waals surface area (Å²) in [4.78, 5) is 11.7. The quantitative estimate of drug-likeness (QED) is 0.895. The van der Waals surface area contributed by atoms with E-state index in [4.69, 9.17) is 0 Å². The summed E-state index contributed by atoms with van der Waals surface area (Å²) < 4.78 is 37.5. The lowest BCUT2D eigenvalue weighted by Crippen LogP contribution is -2.41. The molecule has 1 N–H and O–H groups in total. The predicted molar refractivity (Wildman–Crippen MR) is 71.8 cm³/mol. The van der Waals surface area contributed by atoms with Crippen LogP contribution in [0.2, 0.25) is 0 Å². The number of sulfone groups is 1. The Bertz CT molecular complexity index is 555. The summed E-state index contributed by atoms with van der Waals surface area (Å²) in [6.07, 6.45) is 0. The van der Waals surface area contributed by atoms with Crippen molar-refractivity contribution in [1.29, 1.82) is 0 Å². The van der Waals surface area contributed by atoms with Gasteiger partial charge in [0, 0.05) is 11.6 Å². The minimum atomic E-state index is -3.73. The molecule has 0 heterocycles. The molecule has 1 unspecified atom stereocenters. The van der Waals surface area contributed by atoms with Crippen LogP contribution in [0.5, 0.6) is 0 Å². The summed E-state index contributed by atoms with van der Waals surface area (Å²) in [5.41, 5.74) is 0.0756. The number of rotatable bonds is 5. The summed E-state index contributed by atoms with van der Waals surface area (Å²) in [7, 11) is -3.73. The van der Waals surface area contributed by atoms with Gasteiger partial charge in [0.2, 0.25) is 5.91 Å². The second kappa shape index (κ2) is 6.14. The number of halogens is 1. The zero-order chi connectivity index (χ0) is 14.6. The third-order valence-corrected chi connectivity index (χ3v) is 4.66. The molecule has 0 aliphatic carbocycles. The van der Waals surface area contributed by atoms with Gasteiger partial charge in [-0.25, -0.2) is 12.8 Å². The third kappa shape index (κ3) is 4.31. The summed E-state index contributed by atoms with van der Waals surface area (Å²) in [6.45, 7) is 4.80. The topological polar surface area (TPSA) is 63.2 Å². The molecule has 1 atom stereocenters. The first-order valence-corrected chi connectivity index (χ1v) is 7.71. The van der Waals surface area contributed by atoms with Crippen molar-refractivity contribution in [2.45, 2.75) is 37.8 Å². The molecule has 1 aromatic rings. The number of hydrogen-bond acceptors (Lipinski definition) is 3. The first kappa shape index (κ1) is 15.6. The van der Waals surface area contributed by atoms with Crippen molar-refractivity contribution in [2.75, 3.05) is 0 Å². The van der Waals surface area contributed by atoms with Gasteiger partial charge in [-0.1, -0.05) is 18.2 Å². The Morgan fingerprint density at radius 3 is 2.37 bits per heavy atom. The molecule has 4 nitrogen and oxygen atoms in total. The molecule has 0 saturated carbocycles. The maximum Gasteiger partial charge on any atom is 0.238 e. The number of benzene rings is 1. The van der Waals surface area contributed by atoms with Crippen molar-refractivity contribution < 1.29 is 17.6 Å². The number of carbonyl (C=O) groups is 1. The van der Waals surface area contributed by atoms with Gasteiger partial charge >= 0.3 is 0 Å². The van der Waals surface area contributed by atoms with Gasteiger partial charge in [0.1, 0.15) is 11.1 Å². The minimum Gasteiger partial charge on any atom is -0.353 e. The monoisotopic (exact) mass is 287 g/mol. The van der Waals surface area contributed by atoms with Crippen LogP contribution >= 0.6 is 0 Å². The normalized spacial score (nSPS) is 13.3. The fourth-order valence-electron chi connectivity index (χ4n) is 1.52. The first-order chi connectivity index (χ1) is 8.74. The fourth-order valence-corrected chi connectivity index (χ4v) is 2.83. The van der Waals surface area contributed by atoms with E-state index in [2.05, 4.69) is 5.32 Å². The SMILES string of the molecule is CC(C)NC(=O)C(C)S(=O)(=O)Cc1ccccc1F. The van der Waals surface area contributed by atoms with Crippen molar-refractivity contribution in [2.24, 2.45) is 0 Å². The van der Waals surface area contributed by atoms with Gasteiger partial charge in [-0.3, -0.25) is 4.79 Å². The van der Waals surface area contributed by atoms with E-state index in [0.717, 1.165) is 0 Å². The van der Waals surface area contributed by atoms with Crippen molar-refractivity contribution in [3.8, 4) is 0 Å². The highest BCUT2D eigenvalue weighted by atomic mass is 32.2. The van der Waals surface area contributed by atoms with Crippen molar-refractivity contribution in [1.82, 2.24) is 5.32 Å². The summed E-state index contributed by atoms with van der Waals surface area (Å²) in [6, 6.07) is 5.51. The molecular formula is C13H18FNO3S. The van der Waals surface area contributed by atoms with E-state index in [-0.39, 0.29) is 11.6 Å². The Balaban J connectivity index is 2.87. The zero-order valence-corrected chi connectivity index (χ0v) is 12.0. The van der Waals surface area contributed by atoms with Gasteiger partial charge in [-0.15, -0.1) is 0 Å². The fraction of sp³-hybridized carbons (Fsp3) is 0.462. The minimum absolute atomic E-state index is 0.0756. The van der Waals surface area contributed by atoms with Gasteiger partial charge in [-0.2, -0.15) is 0 Å². The number of carbonyl (C=O) groups excluding carboxylic acids is 1. The highest BCUT2D eigenvalue weighted by Gasteiger charge is 2.29. The maximum atomic E-state index is 13.4. The molecule has 0 radical (unpaired) electrons. The van der Waals surface area contributed by atoms with E-state index in [1.807, 2.05) is 0 Å². The molecule has 0 fully saturated rings. The van der Waals surface area contributed by atoms with E-state index < -0.39 is 32.6 Å². The average Bonchev–Trinajstić information content (AvgIpc) is 2.30. The van der Waals surface area contributed by atoms with Crippen molar-refractivity contribution >= 4 is 15.7 Å². The molecule has 106 valence electrons. The lowest BCUT2D eigenvalue weighted by atomic mass is 10.2. The summed E-state index contributed by atoms with van der Waals surface area (Å²) >= 11 is 0. The van der Waals surface area contributed by atoms with Crippen LogP contribution in [-0.4, -0.2) is 25.6 Å². The van der Waals surface area contributed by atoms with Crippen LogP contribution in [0.25, 0.3) is 0 Å². The third-order valence-electron chi connectivity index (χ3n) is 2.65. The lowest BCUT2D eigenvalue weighted by Gasteiger charge is -2.15. The molecule has 0 aromatic heterocycles. The standard InChI is InChI=1S/C13H18FNO3S/c1-9(2)15-13(16)10(3)19(17,18)8-11-6-4-5-7-12(11)14/h4-7,9-10H,8H2,1-3H3,(H,15,16). The molecule has 0 aliphatic heterocycles. The molecule has 6 heteroatoms. The van der Waals surface area contributed by atoms with Crippen molar-refractivity contribution in [3.63, 3.8) is 0 Å². The van der Waals surface area contributed by atoms with Crippen LogP contribution in [-0.2, 0) is 20.4 Å². The van der Waals surface area contributed by atoms with Gasteiger partial charge in [0.25, 0.3) is 0 Å². The van der Waals surface area contributed by atoms with E-state index in [0.29, 0.717) is 0 Å². The van der Waals surface area contributed by atoms with Crippen LogP contribution in [0, 0.1) is 5.82 Å². The Morgan fingerprint density at radius 1 is 1.26 bits per heavy atom. The van der Waals surface area contributed by atoms with Gasteiger partial charge in [0.15, 0.2) is 9.84 Å². The average molecular weight is 287 g/mol. The Hall–Kier alpha value is -1.43. The molecule has 1 rings (SSSR count). The molecule has 0 bridgehead atoms. The zero-order valence-electron chi connectivity index (χ0n) is 11.2. The Morgan fingerprint density at radius 2 is 1.84 bits per heavy atom. The van der Waals surface area contributed by atoms with Gasteiger partial charge in [0.05, 0.1) is 5.75 Å². The second-order valence-corrected chi connectivity index (χ2v) is 7.03. The van der Waals surface area contributed by atoms with Crippen LogP contribution in [0.1, 0.15) is 26.3 Å². The van der Waals surface area contributed by atoms with Crippen LogP contribution in [0.3, 0.4) is 0 Å². The summed E-state index contributed by atoms with van der Waals surface area (Å²) in [5, 5.41) is 1.34. The van der Waals surface area contributed by atoms with Crippen LogP contribution in [0.4, 0.5) is 4.39 Å². The molecule has 19 heavy (non-hydrogen) atoms. The molecule has 0 aliphatic rings. The molecule has 1 aromatic carbocycles. The lowest BCUT2D eigenvalue weighted by molar-refractivity contribution is -0.120. The largest absolute Gasteiger partial charge is 0.353 e. The van der Waals surface area contributed by atoms with E-state index in [1.54, 1.807) is 19.9 Å². The summed E-state index contributed by atoms with van der Waals surface area (Å²) in [5.74, 6) is -1.62. The van der Waals surface area contributed by atoms with E-state index in [1.165, 1.54) is 25.1 Å². The number of hydrogen-bond donors (Lipinski definition) is 1. The van der Waals surface area contributed by atoms with E-state index >= 15 is 0 Å². The number of amides is 1. The Kier molecular flexibility index (Phi) is 5.05. The van der Waals surface area contributed by atoms with E-state index in [9.17, 15) is 17.6 Å². The van der Waals surface area contributed by atoms with Gasteiger partial charge < -0.3 is 5.32 Å². The van der Waals surface area contributed by atoms with Crippen LogP contribution in [0.15, 0.2) is 24.3 Å². The number of nitrogens with one attached hydrogen (secondary N) is 1. The molecule has 0 saturated heterocycles. The smallest absolute Gasteiger partial charge is 0.238 e. The van der Waals surface area contributed by atoms with Crippen molar-refractivity contribution in [3.05, 3.63) is 35.6 Å².